The van der Waals surface area contributed by atoms with Crippen molar-refractivity contribution >= 4 is 19.3 Å². The molecule has 1 saturated heterocycles. The maximum absolute atomic E-state index is 11.9. The maximum atomic E-state index is 11.9. The Labute approximate surface area is 139 Å². The number of aromatic nitrogens is 2. The van der Waals surface area contributed by atoms with E-state index in [1.807, 2.05) is 0 Å². The molecule has 0 aliphatic carbocycles. The third-order valence-electron chi connectivity index (χ3n) is 3.98. The fourth-order valence-corrected chi connectivity index (χ4v) is 3.24. The number of ether oxygens (including phenoxy) is 1. The highest BCUT2D eigenvalue weighted by Gasteiger charge is 2.48. The molecule has 0 radical (unpaired) electrons. The Kier molecular flexibility index (Phi) is 4.49. The minimum Gasteiger partial charge on any atom is -0.387 e. The first-order chi connectivity index (χ1) is 11.6. The summed E-state index contributed by atoms with van der Waals surface area (Å²) in [6.45, 7) is -0.583. The Hall–Kier alpha value is -1.73. The first-order valence-electron chi connectivity index (χ1n) is 7.14. The summed E-state index contributed by atoms with van der Waals surface area (Å²) in [5, 5.41) is 20.2. The van der Waals surface area contributed by atoms with Gasteiger partial charge in [0.2, 0.25) is 0 Å². The van der Waals surface area contributed by atoms with Crippen LogP contribution in [0.3, 0.4) is 0 Å². The molecule has 6 N–H and O–H groups in total. The van der Waals surface area contributed by atoms with Gasteiger partial charge in [0.05, 0.1) is 13.3 Å². The summed E-state index contributed by atoms with van der Waals surface area (Å²) in [6, 6.07) is 0. The van der Waals surface area contributed by atoms with Crippen LogP contribution in [0.2, 0.25) is 0 Å². The summed E-state index contributed by atoms with van der Waals surface area (Å²) in [7, 11) is -3.19. The quantitative estimate of drug-likeness (QED) is 0.289. The predicted molar refractivity (Wildman–Crippen MR) is 82.1 cm³/mol. The number of rotatable bonds is 4. The zero-order chi connectivity index (χ0) is 18.5. The van der Waals surface area contributed by atoms with Gasteiger partial charge in [-0.3, -0.25) is 19.3 Å². The Morgan fingerprint density at radius 2 is 1.96 bits per heavy atom. The highest BCUT2D eigenvalue weighted by atomic mass is 31.2. The van der Waals surface area contributed by atoms with Crippen LogP contribution in [0.1, 0.15) is 0 Å². The van der Waals surface area contributed by atoms with Crippen molar-refractivity contribution in [1.29, 1.82) is 0 Å². The lowest BCUT2D eigenvalue weighted by molar-refractivity contribution is -0.0218. The molecule has 1 aromatic rings. The van der Waals surface area contributed by atoms with Crippen LogP contribution >= 0.6 is 7.82 Å². The molecule has 2 aliphatic heterocycles. The Bertz CT molecular complexity index is 819. The highest BCUT2D eigenvalue weighted by Crippen LogP contribution is 2.39. The zero-order valence-corrected chi connectivity index (χ0v) is 13.8. The predicted octanol–water partition coefficient (Wildman–Crippen LogP) is -3.17. The van der Waals surface area contributed by atoms with E-state index in [2.05, 4.69) is 14.5 Å². The number of aromatic amines is 2. The van der Waals surface area contributed by atoms with Crippen molar-refractivity contribution in [2.24, 2.45) is 0 Å². The van der Waals surface area contributed by atoms with Gasteiger partial charge in [0.15, 0.2) is 6.23 Å². The van der Waals surface area contributed by atoms with Gasteiger partial charge in [0, 0.05) is 7.05 Å². The van der Waals surface area contributed by atoms with Crippen molar-refractivity contribution in [3.8, 4) is 0 Å². The Morgan fingerprint density at radius 1 is 1.28 bits per heavy atom. The summed E-state index contributed by atoms with van der Waals surface area (Å²) in [6.07, 6.45) is -5.33. The van der Waals surface area contributed by atoms with Crippen LogP contribution in [0.5, 0.6) is 0 Å². The molecule has 3 rings (SSSR count). The molecule has 14 heteroatoms. The Balaban J connectivity index is 1.85. The van der Waals surface area contributed by atoms with Crippen molar-refractivity contribution < 1.29 is 33.8 Å². The lowest BCUT2D eigenvalue weighted by Crippen LogP contribution is -2.45. The normalized spacial score (nSPS) is 29.3. The van der Waals surface area contributed by atoms with Crippen LogP contribution < -0.4 is 21.0 Å². The molecule has 0 spiro atoms. The molecule has 140 valence electrons. The number of H-pyrrole nitrogens is 2. The molecule has 13 nitrogen and oxygen atoms in total. The molecule has 1 fully saturated rings. The molecule has 0 aromatic carbocycles. The summed E-state index contributed by atoms with van der Waals surface area (Å²) in [5.74, 6) is 0.101. The van der Waals surface area contributed by atoms with Gasteiger partial charge in [-0.05, 0) is 0 Å². The number of hydrogen-bond donors (Lipinski definition) is 6. The molecule has 0 amide bonds. The first kappa shape index (κ1) is 18.1. The van der Waals surface area contributed by atoms with E-state index in [-0.39, 0.29) is 18.2 Å². The SMILES string of the molecule is CN1CN([C@@H]2O[C@H](COP(=O)(O)O)[C@@H](O)[C@H]2O)c2[nH]c(=O)[nH]c(=O)c21. The van der Waals surface area contributed by atoms with Gasteiger partial charge in [-0.2, -0.15) is 0 Å². The fourth-order valence-electron chi connectivity index (χ4n) is 2.90. The van der Waals surface area contributed by atoms with E-state index in [9.17, 15) is 24.4 Å². The van der Waals surface area contributed by atoms with Crippen LogP contribution in [-0.4, -0.2) is 74.8 Å². The van der Waals surface area contributed by atoms with Gasteiger partial charge in [-0.15, -0.1) is 0 Å². The summed E-state index contributed by atoms with van der Waals surface area (Å²) < 4.78 is 20.5. The second kappa shape index (κ2) is 6.21. The van der Waals surface area contributed by atoms with Gasteiger partial charge in [0.25, 0.3) is 5.56 Å². The number of aliphatic hydroxyl groups excluding tert-OH is 2. The van der Waals surface area contributed by atoms with Crippen LogP contribution in [-0.2, 0) is 13.8 Å². The summed E-state index contributed by atoms with van der Waals surface area (Å²) in [4.78, 5) is 48.3. The molecule has 1 aromatic heterocycles. The number of hydrogen-bond acceptors (Lipinski definition) is 9. The van der Waals surface area contributed by atoms with Gasteiger partial charge < -0.3 is 34.5 Å². The second-order valence-electron chi connectivity index (χ2n) is 5.75. The van der Waals surface area contributed by atoms with Crippen LogP contribution in [0.25, 0.3) is 0 Å². The molecular weight excluding hydrogens is 363 g/mol. The smallest absolute Gasteiger partial charge is 0.387 e. The zero-order valence-electron chi connectivity index (χ0n) is 12.9. The van der Waals surface area contributed by atoms with Crippen LogP contribution in [0.15, 0.2) is 9.59 Å². The number of phosphoric acid groups is 1. The second-order valence-corrected chi connectivity index (χ2v) is 6.99. The molecule has 0 unspecified atom stereocenters. The largest absolute Gasteiger partial charge is 0.469 e. The van der Waals surface area contributed by atoms with E-state index in [0.29, 0.717) is 0 Å². The summed E-state index contributed by atoms with van der Waals surface area (Å²) >= 11 is 0. The van der Waals surface area contributed by atoms with E-state index in [1.54, 1.807) is 7.05 Å². The van der Waals surface area contributed by atoms with Crippen LogP contribution in [0.4, 0.5) is 11.5 Å². The van der Waals surface area contributed by atoms with Crippen molar-refractivity contribution in [3.05, 3.63) is 20.8 Å². The number of fused-ring (bicyclic) bond motifs is 1. The number of anilines is 2. The number of nitrogens with one attached hydrogen (secondary N) is 2. The van der Waals surface area contributed by atoms with Gasteiger partial charge in [-0.1, -0.05) is 0 Å². The minimum absolute atomic E-state index is 0.0683. The lowest BCUT2D eigenvalue weighted by Gasteiger charge is -2.27. The van der Waals surface area contributed by atoms with Crippen LogP contribution in [0, 0.1) is 0 Å². The van der Waals surface area contributed by atoms with Gasteiger partial charge in [-0.25, -0.2) is 9.36 Å². The Morgan fingerprint density at radius 3 is 2.60 bits per heavy atom. The molecule has 3 heterocycles. The molecule has 4 atom stereocenters. The summed E-state index contributed by atoms with van der Waals surface area (Å²) in [5.41, 5.74) is -1.23. The van der Waals surface area contributed by atoms with E-state index < -0.39 is 50.2 Å². The minimum atomic E-state index is -4.77. The molecule has 0 bridgehead atoms. The first-order valence-corrected chi connectivity index (χ1v) is 8.67. The average molecular weight is 380 g/mol. The number of aliphatic hydroxyl groups is 2. The van der Waals surface area contributed by atoms with E-state index in [1.165, 1.54) is 9.80 Å². The van der Waals surface area contributed by atoms with Gasteiger partial charge in [0.1, 0.15) is 29.8 Å². The van der Waals surface area contributed by atoms with Gasteiger partial charge >= 0.3 is 13.5 Å². The fraction of sp³-hybridized carbons (Fsp3) is 0.636. The lowest BCUT2D eigenvalue weighted by atomic mass is 10.1. The highest BCUT2D eigenvalue weighted by molar-refractivity contribution is 7.46. The number of nitrogens with zero attached hydrogens (tertiary/aromatic N) is 2. The van der Waals surface area contributed by atoms with E-state index >= 15 is 0 Å². The third kappa shape index (κ3) is 3.35. The average Bonchev–Trinajstić information content (AvgIpc) is 2.95. The van der Waals surface area contributed by atoms with Crippen molar-refractivity contribution in [1.82, 2.24) is 9.97 Å². The topological polar surface area (TPSA) is 189 Å². The van der Waals surface area contributed by atoms with Crippen molar-refractivity contribution in [2.75, 3.05) is 30.1 Å². The van der Waals surface area contributed by atoms with E-state index in [0.717, 1.165) is 0 Å². The molecule has 25 heavy (non-hydrogen) atoms. The van der Waals surface area contributed by atoms with Crippen molar-refractivity contribution in [2.45, 2.75) is 24.5 Å². The standard InChI is InChI=1S/C11H17N4O9P/c1-14-3-15(8-5(14)9(18)13-11(19)12-8)10-7(17)6(16)4(24-10)2-23-25(20,21)22/h4,6-7,10,16-17H,2-3H2,1H3,(H2,20,21,22)(H2,12,13,18,19)/t4-,6-,7-,10-/m1/s1. The molecule has 0 saturated carbocycles. The number of phosphoric ester groups is 1. The maximum Gasteiger partial charge on any atom is 0.469 e. The third-order valence-corrected chi connectivity index (χ3v) is 4.47. The molecular formula is C11H17N4O9P. The molecule has 2 aliphatic rings. The monoisotopic (exact) mass is 380 g/mol. The van der Waals surface area contributed by atoms with E-state index in [4.69, 9.17) is 14.5 Å². The van der Waals surface area contributed by atoms with Crippen molar-refractivity contribution in [3.63, 3.8) is 0 Å².